The fraction of sp³-hybridized carbons (Fsp3) is 0.0588. The van der Waals surface area contributed by atoms with Crippen molar-refractivity contribution in [2.24, 2.45) is 0 Å². The fourth-order valence-electron chi connectivity index (χ4n) is 2.12. The van der Waals surface area contributed by atoms with Gasteiger partial charge in [-0.05, 0) is 42.3 Å². The van der Waals surface area contributed by atoms with E-state index in [1.807, 2.05) is 13.0 Å². The molecule has 0 fully saturated rings. The molecule has 110 valence electrons. The molecule has 3 rings (SSSR count). The normalized spacial score (nSPS) is 11.8. The molecule has 4 nitrogen and oxygen atoms in total. The number of hydrogen-bond donors (Lipinski definition) is 1. The van der Waals surface area contributed by atoms with Crippen molar-refractivity contribution in [2.45, 2.75) is 6.92 Å². The zero-order valence-corrected chi connectivity index (χ0v) is 12.6. The van der Waals surface area contributed by atoms with Crippen LogP contribution in [0.15, 0.2) is 53.5 Å². The summed E-state index contributed by atoms with van der Waals surface area (Å²) in [6, 6.07) is 11.7. The number of fused-ring (bicyclic) bond motifs is 1. The smallest absolute Gasteiger partial charge is 0.258 e. The van der Waals surface area contributed by atoms with Gasteiger partial charge in [0.15, 0.2) is 0 Å². The second-order valence-electron chi connectivity index (χ2n) is 5.00. The number of aromatic nitrogens is 2. The Morgan fingerprint density at radius 1 is 1.23 bits per heavy atom. The second kappa shape index (κ2) is 5.66. The Hall–Kier alpha value is -2.59. The van der Waals surface area contributed by atoms with E-state index in [1.165, 1.54) is 10.5 Å². The number of hydrogen-bond acceptors (Lipinski definition) is 3. The molecule has 0 unspecified atom stereocenters. The zero-order chi connectivity index (χ0) is 15.7. The van der Waals surface area contributed by atoms with Gasteiger partial charge < -0.3 is 5.11 Å². The summed E-state index contributed by atoms with van der Waals surface area (Å²) >= 11 is 6.27. The van der Waals surface area contributed by atoms with Crippen molar-refractivity contribution in [3.8, 4) is 5.75 Å². The molecule has 0 saturated heterocycles. The quantitative estimate of drug-likeness (QED) is 0.788. The van der Waals surface area contributed by atoms with Gasteiger partial charge in [-0.1, -0.05) is 29.8 Å². The highest BCUT2D eigenvalue weighted by atomic mass is 35.5. The van der Waals surface area contributed by atoms with Crippen LogP contribution in [-0.4, -0.2) is 14.5 Å². The van der Waals surface area contributed by atoms with Crippen LogP contribution in [0.25, 0.3) is 16.8 Å². The lowest BCUT2D eigenvalue weighted by Gasteiger charge is -2.04. The third kappa shape index (κ3) is 2.87. The summed E-state index contributed by atoms with van der Waals surface area (Å²) in [4.78, 5) is 16.6. The predicted molar refractivity (Wildman–Crippen MR) is 88.0 cm³/mol. The molecule has 0 spiro atoms. The molecule has 2 aromatic heterocycles. The Morgan fingerprint density at radius 2 is 1.95 bits per heavy atom. The minimum Gasteiger partial charge on any atom is -0.508 e. The summed E-state index contributed by atoms with van der Waals surface area (Å²) < 4.78 is 1.49. The topological polar surface area (TPSA) is 54.6 Å². The Labute approximate surface area is 132 Å². The van der Waals surface area contributed by atoms with E-state index >= 15 is 0 Å². The number of aryl methyl sites for hydroxylation is 1. The van der Waals surface area contributed by atoms with E-state index in [0.717, 1.165) is 11.1 Å². The molecule has 22 heavy (non-hydrogen) atoms. The highest BCUT2D eigenvalue weighted by Gasteiger charge is 2.06. The summed E-state index contributed by atoms with van der Waals surface area (Å²) in [7, 11) is 0. The van der Waals surface area contributed by atoms with Gasteiger partial charge in [0.1, 0.15) is 11.4 Å². The van der Waals surface area contributed by atoms with Crippen molar-refractivity contribution in [3.63, 3.8) is 0 Å². The van der Waals surface area contributed by atoms with Gasteiger partial charge in [0, 0.05) is 12.3 Å². The summed E-state index contributed by atoms with van der Waals surface area (Å²) in [6.45, 7) is 1.91. The van der Waals surface area contributed by atoms with Crippen LogP contribution >= 0.6 is 11.6 Å². The lowest BCUT2D eigenvalue weighted by Crippen LogP contribution is -2.15. The van der Waals surface area contributed by atoms with Crippen LogP contribution in [0.2, 0.25) is 0 Å². The lowest BCUT2D eigenvalue weighted by molar-refractivity contribution is 0.475. The first-order valence-corrected chi connectivity index (χ1v) is 7.07. The highest BCUT2D eigenvalue weighted by molar-refractivity contribution is 6.51. The maximum Gasteiger partial charge on any atom is 0.258 e. The van der Waals surface area contributed by atoms with Crippen molar-refractivity contribution in [1.29, 1.82) is 0 Å². The van der Waals surface area contributed by atoms with Crippen molar-refractivity contribution in [1.82, 2.24) is 9.38 Å². The molecule has 0 atom stereocenters. The molecule has 5 heteroatoms. The Balaban J connectivity index is 2.07. The minimum atomic E-state index is -0.180. The molecule has 3 aromatic rings. The molecule has 2 heterocycles. The Morgan fingerprint density at radius 3 is 2.68 bits per heavy atom. The van der Waals surface area contributed by atoms with Crippen LogP contribution in [0, 0.1) is 6.92 Å². The van der Waals surface area contributed by atoms with E-state index in [9.17, 15) is 9.90 Å². The molecule has 0 bridgehead atoms. The Bertz CT molecular complexity index is 928. The van der Waals surface area contributed by atoms with E-state index in [4.69, 9.17) is 11.6 Å². The van der Waals surface area contributed by atoms with Crippen LogP contribution in [0.4, 0.5) is 0 Å². The molecule has 0 radical (unpaired) electrons. The third-order valence-electron chi connectivity index (χ3n) is 3.24. The molecule has 1 aromatic carbocycles. The molecule has 0 amide bonds. The maximum absolute atomic E-state index is 12.2. The van der Waals surface area contributed by atoms with Gasteiger partial charge >= 0.3 is 0 Å². The van der Waals surface area contributed by atoms with Gasteiger partial charge in [-0.3, -0.25) is 9.20 Å². The average molecular weight is 313 g/mol. The summed E-state index contributed by atoms with van der Waals surface area (Å²) in [6.07, 6.45) is 3.44. The van der Waals surface area contributed by atoms with Crippen LogP contribution < -0.4 is 5.56 Å². The highest BCUT2D eigenvalue weighted by Crippen LogP contribution is 2.21. The van der Waals surface area contributed by atoms with Crippen molar-refractivity contribution in [3.05, 3.63) is 75.8 Å². The first kappa shape index (κ1) is 14.4. The van der Waals surface area contributed by atoms with Crippen LogP contribution in [0.5, 0.6) is 5.75 Å². The number of aromatic hydroxyl groups is 1. The van der Waals surface area contributed by atoms with E-state index in [2.05, 4.69) is 4.98 Å². The summed E-state index contributed by atoms with van der Waals surface area (Å²) in [5.41, 5.74) is 2.58. The molecule has 0 aliphatic rings. The predicted octanol–water partition coefficient (Wildman–Crippen LogP) is 3.45. The van der Waals surface area contributed by atoms with Crippen molar-refractivity contribution < 1.29 is 5.11 Å². The standard InChI is InChI=1S/C17H13ClN2O2/c1-11-2-7-16-19-15(9-17(22)20(16)10-11)14(18)8-12-3-5-13(21)6-4-12/h2-10,21H,1H3. The van der Waals surface area contributed by atoms with Gasteiger partial charge in [0.25, 0.3) is 5.56 Å². The molecular weight excluding hydrogens is 300 g/mol. The third-order valence-corrected chi connectivity index (χ3v) is 3.54. The molecule has 0 aliphatic carbocycles. The largest absolute Gasteiger partial charge is 0.508 e. The first-order valence-electron chi connectivity index (χ1n) is 6.69. The van der Waals surface area contributed by atoms with Crippen LogP contribution in [0.1, 0.15) is 16.8 Å². The van der Waals surface area contributed by atoms with Crippen LogP contribution in [0.3, 0.4) is 0 Å². The Kier molecular flexibility index (Phi) is 3.69. The van der Waals surface area contributed by atoms with E-state index < -0.39 is 0 Å². The second-order valence-corrected chi connectivity index (χ2v) is 5.41. The van der Waals surface area contributed by atoms with Gasteiger partial charge in [-0.25, -0.2) is 4.98 Å². The van der Waals surface area contributed by atoms with Gasteiger partial charge in [-0.2, -0.15) is 0 Å². The van der Waals surface area contributed by atoms with Gasteiger partial charge in [0.2, 0.25) is 0 Å². The number of rotatable bonds is 2. The fourth-order valence-corrected chi connectivity index (χ4v) is 2.34. The summed E-state index contributed by atoms with van der Waals surface area (Å²) in [5.74, 6) is 0.186. The lowest BCUT2D eigenvalue weighted by atomic mass is 10.2. The SMILES string of the molecule is Cc1ccc2nc(C(Cl)=Cc3ccc(O)cc3)cc(=O)n2c1. The van der Waals surface area contributed by atoms with E-state index in [0.29, 0.717) is 16.4 Å². The minimum absolute atomic E-state index is 0.180. The number of pyridine rings is 1. The average Bonchev–Trinajstić information content (AvgIpc) is 2.50. The monoisotopic (exact) mass is 312 g/mol. The molecule has 0 aliphatic heterocycles. The molecule has 1 N–H and O–H groups in total. The van der Waals surface area contributed by atoms with Gasteiger partial charge in [0.05, 0.1) is 10.7 Å². The van der Waals surface area contributed by atoms with Crippen LogP contribution in [-0.2, 0) is 0 Å². The maximum atomic E-state index is 12.2. The number of phenols is 1. The number of benzene rings is 1. The van der Waals surface area contributed by atoms with E-state index in [-0.39, 0.29) is 11.3 Å². The molecule has 0 saturated carbocycles. The zero-order valence-electron chi connectivity index (χ0n) is 11.8. The first-order chi connectivity index (χ1) is 10.5. The number of halogens is 1. The number of phenolic OH excluding ortho intramolecular Hbond substituents is 1. The van der Waals surface area contributed by atoms with Crippen molar-refractivity contribution in [2.75, 3.05) is 0 Å². The van der Waals surface area contributed by atoms with Crippen molar-refractivity contribution >= 4 is 28.4 Å². The summed E-state index contributed by atoms with van der Waals surface area (Å²) in [5, 5.41) is 9.64. The molecular formula is C17H13ClN2O2. The van der Waals surface area contributed by atoms with E-state index in [1.54, 1.807) is 42.6 Å². The van der Waals surface area contributed by atoms with Gasteiger partial charge in [-0.15, -0.1) is 0 Å². The number of nitrogens with zero attached hydrogens (tertiary/aromatic N) is 2.